The van der Waals surface area contributed by atoms with E-state index in [1.165, 1.54) is 6.20 Å². The van der Waals surface area contributed by atoms with Crippen LogP contribution in [0.5, 0.6) is 0 Å². The van der Waals surface area contributed by atoms with Gasteiger partial charge in [0.1, 0.15) is 0 Å². The predicted octanol–water partition coefficient (Wildman–Crippen LogP) is 2.80. The van der Waals surface area contributed by atoms with E-state index in [-0.39, 0.29) is 11.5 Å². The standard InChI is InChI=1S/C12H11N3O.C2H6/c1-13-11(10-5-3-7-15-10)12(16)9-4-2-6-14-8-9;1-2/h2,4,6,8,15H,3,5,7H2;1-2H3/b11-10+;. The molecule has 1 aromatic rings. The molecule has 0 spiro atoms. The maximum Gasteiger partial charge on any atom is 0.252 e. The monoisotopic (exact) mass is 243 g/mol. The van der Waals surface area contributed by atoms with E-state index >= 15 is 0 Å². The van der Waals surface area contributed by atoms with E-state index in [1.807, 2.05) is 13.8 Å². The molecule has 18 heavy (non-hydrogen) atoms. The first kappa shape index (κ1) is 13.9. The Labute approximate surface area is 108 Å². The van der Waals surface area contributed by atoms with Gasteiger partial charge in [-0.15, -0.1) is 0 Å². The molecule has 1 saturated heterocycles. The van der Waals surface area contributed by atoms with Crippen molar-refractivity contribution in [2.24, 2.45) is 0 Å². The van der Waals surface area contributed by atoms with Crippen LogP contribution in [-0.2, 0) is 0 Å². The van der Waals surface area contributed by atoms with E-state index in [2.05, 4.69) is 15.1 Å². The SMILES string of the molecule is CC.[C-]#[N+]/C(C(=O)c1cccnc1)=C1\CCCN1. The summed E-state index contributed by atoms with van der Waals surface area (Å²) in [6.45, 7) is 11.9. The van der Waals surface area contributed by atoms with Gasteiger partial charge >= 0.3 is 0 Å². The van der Waals surface area contributed by atoms with E-state index in [4.69, 9.17) is 6.57 Å². The highest BCUT2D eigenvalue weighted by Gasteiger charge is 2.20. The van der Waals surface area contributed by atoms with Crippen molar-refractivity contribution in [3.63, 3.8) is 0 Å². The number of carbonyl (C=O) groups is 1. The molecule has 0 saturated carbocycles. The Morgan fingerprint density at radius 3 is 2.78 bits per heavy atom. The summed E-state index contributed by atoms with van der Waals surface area (Å²) in [6.07, 6.45) is 4.86. The van der Waals surface area contributed by atoms with Gasteiger partial charge < -0.3 is 10.1 Å². The first-order valence-corrected chi connectivity index (χ1v) is 6.12. The quantitative estimate of drug-likeness (QED) is 0.493. The molecule has 4 nitrogen and oxygen atoms in total. The zero-order valence-electron chi connectivity index (χ0n) is 10.7. The number of hydrogen-bond acceptors (Lipinski definition) is 3. The van der Waals surface area contributed by atoms with E-state index in [1.54, 1.807) is 18.3 Å². The van der Waals surface area contributed by atoms with E-state index < -0.39 is 0 Å². The molecule has 0 radical (unpaired) electrons. The molecule has 0 amide bonds. The highest BCUT2D eigenvalue weighted by atomic mass is 16.1. The summed E-state index contributed by atoms with van der Waals surface area (Å²) >= 11 is 0. The number of carbonyl (C=O) groups excluding carboxylic acids is 1. The largest absolute Gasteiger partial charge is 0.397 e. The average Bonchev–Trinajstić information content (AvgIpc) is 2.97. The van der Waals surface area contributed by atoms with Crippen molar-refractivity contribution in [3.05, 3.63) is 52.9 Å². The Balaban J connectivity index is 0.000000771. The zero-order chi connectivity index (χ0) is 13.4. The third-order valence-electron chi connectivity index (χ3n) is 2.48. The maximum absolute atomic E-state index is 12.0. The van der Waals surface area contributed by atoms with Crippen molar-refractivity contribution < 1.29 is 4.79 Å². The van der Waals surface area contributed by atoms with Crippen LogP contribution in [0.1, 0.15) is 37.0 Å². The fraction of sp³-hybridized carbons (Fsp3) is 0.357. The molecule has 0 atom stereocenters. The van der Waals surface area contributed by atoms with Crippen LogP contribution < -0.4 is 5.32 Å². The Morgan fingerprint density at radius 1 is 1.50 bits per heavy atom. The number of hydrogen-bond donors (Lipinski definition) is 1. The summed E-state index contributed by atoms with van der Waals surface area (Å²) in [5, 5.41) is 3.08. The van der Waals surface area contributed by atoms with Gasteiger partial charge in [0, 0.05) is 30.2 Å². The fourth-order valence-corrected chi connectivity index (χ4v) is 1.68. The summed E-state index contributed by atoms with van der Waals surface area (Å²) in [6, 6.07) is 3.37. The first-order valence-electron chi connectivity index (χ1n) is 6.12. The minimum absolute atomic E-state index is 0.200. The summed E-state index contributed by atoms with van der Waals surface area (Å²) in [5.74, 6) is -0.243. The van der Waals surface area contributed by atoms with Gasteiger partial charge in [0.15, 0.2) is 5.78 Å². The molecule has 0 bridgehead atoms. The second kappa shape index (κ2) is 7.23. The molecule has 0 aromatic carbocycles. The van der Waals surface area contributed by atoms with Crippen molar-refractivity contribution in [1.29, 1.82) is 0 Å². The molecule has 0 aliphatic carbocycles. The van der Waals surface area contributed by atoms with Crippen LogP contribution >= 0.6 is 0 Å². The molecule has 2 rings (SSSR count). The van der Waals surface area contributed by atoms with Crippen molar-refractivity contribution in [2.75, 3.05) is 6.54 Å². The second-order valence-electron chi connectivity index (χ2n) is 3.54. The first-order chi connectivity index (χ1) is 8.83. The Kier molecular flexibility index (Phi) is 5.59. The molecular weight excluding hydrogens is 226 g/mol. The van der Waals surface area contributed by atoms with Crippen LogP contribution in [0, 0.1) is 6.57 Å². The third-order valence-corrected chi connectivity index (χ3v) is 2.48. The molecule has 94 valence electrons. The Hall–Kier alpha value is -2.15. The van der Waals surface area contributed by atoms with Gasteiger partial charge in [-0.3, -0.25) is 4.98 Å². The average molecular weight is 243 g/mol. The Morgan fingerprint density at radius 2 is 2.28 bits per heavy atom. The van der Waals surface area contributed by atoms with Crippen LogP contribution in [0.2, 0.25) is 0 Å². The molecule has 1 aromatic heterocycles. The maximum atomic E-state index is 12.0. The lowest BCUT2D eigenvalue weighted by Gasteiger charge is -2.03. The van der Waals surface area contributed by atoms with Crippen molar-refractivity contribution in [1.82, 2.24) is 10.3 Å². The van der Waals surface area contributed by atoms with Crippen LogP contribution in [0.4, 0.5) is 0 Å². The minimum atomic E-state index is -0.243. The number of pyridine rings is 1. The summed E-state index contributed by atoms with van der Waals surface area (Å²) in [5.41, 5.74) is 1.43. The fourth-order valence-electron chi connectivity index (χ4n) is 1.68. The van der Waals surface area contributed by atoms with Gasteiger partial charge in [0.2, 0.25) is 0 Å². The number of Topliss-reactive ketones (excluding diaryl/α,β-unsaturated/α-hetero) is 1. The lowest BCUT2D eigenvalue weighted by Crippen LogP contribution is -2.11. The normalized spacial score (nSPS) is 15.8. The zero-order valence-corrected chi connectivity index (χ0v) is 10.7. The van der Waals surface area contributed by atoms with Gasteiger partial charge in [-0.1, -0.05) is 13.8 Å². The lowest BCUT2D eigenvalue weighted by atomic mass is 10.1. The van der Waals surface area contributed by atoms with Crippen molar-refractivity contribution in [3.8, 4) is 0 Å². The predicted molar refractivity (Wildman–Crippen MR) is 70.8 cm³/mol. The van der Waals surface area contributed by atoms with Crippen molar-refractivity contribution >= 4 is 5.78 Å². The summed E-state index contributed by atoms with van der Waals surface area (Å²) < 4.78 is 0. The molecular formula is C14H17N3O. The Bertz CT molecular complexity index is 464. The van der Waals surface area contributed by atoms with Crippen molar-refractivity contribution in [2.45, 2.75) is 26.7 Å². The van der Waals surface area contributed by atoms with Gasteiger partial charge in [0.05, 0.1) is 6.57 Å². The summed E-state index contributed by atoms with van der Waals surface area (Å²) in [4.78, 5) is 19.2. The van der Waals surface area contributed by atoms with Crippen LogP contribution in [-0.4, -0.2) is 17.3 Å². The van der Waals surface area contributed by atoms with E-state index in [9.17, 15) is 4.79 Å². The third kappa shape index (κ3) is 3.17. The number of nitrogens with one attached hydrogen (secondary N) is 1. The number of nitrogens with zero attached hydrogens (tertiary/aromatic N) is 2. The molecule has 0 unspecified atom stereocenters. The van der Waals surface area contributed by atoms with Crippen LogP contribution in [0.15, 0.2) is 35.9 Å². The van der Waals surface area contributed by atoms with Gasteiger partial charge in [-0.2, -0.15) is 0 Å². The second-order valence-corrected chi connectivity index (χ2v) is 3.54. The van der Waals surface area contributed by atoms with Gasteiger partial charge in [0.25, 0.3) is 5.70 Å². The lowest BCUT2D eigenvalue weighted by molar-refractivity contribution is 0.103. The highest BCUT2D eigenvalue weighted by molar-refractivity contribution is 6.10. The molecule has 1 N–H and O–H groups in total. The minimum Gasteiger partial charge on any atom is -0.397 e. The van der Waals surface area contributed by atoms with Gasteiger partial charge in [-0.25, -0.2) is 4.85 Å². The number of rotatable bonds is 2. The number of aromatic nitrogens is 1. The molecule has 4 heteroatoms. The molecule has 1 aliphatic rings. The van der Waals surface area contributed by atoms with Crippen LogP contribution in [0.25, 0.3) is 4.85 Å². The molecule has 2 heterocycles. The molecule has 1 aliphatic heterocycles. The van der Waals surface area contributed by atoms with Gasteiger partial charge in [-0.05, 0) is 25.0 Å². The summed E-state index contributed by atoms with van der Waals surface area (Å²) in [7, 11) is 0. The number of allylic oxidation sites excluding steroid dienone is 2. The van der Waals surface area contributed by atoms with E-state index in [0.29, 0.717) is 5.56 Å². The topological polar surface area (TPSA) is 46.4 Å². The van der Waals surface area contributed by atoms with Crippen LogP contribution in [0.3, 0.4) is 0 Å². The number of ketones is 1. The molecule has 1 fully saturated rings. The van der Waals surface area contributed by atoms with E-state index in [0.717, 1.165) is 25.1 Å². The smallest absolute Gasteiger partial charge is 0.252 e. The highest BCUT2D eigenvalue weighted by Crippen LogP contribution is 2.18.